The largest absolute Gasteiger partial charge is 0.494 e. The van der Waals surface area contributed by atoms with Gasteiger partial charge in [0.25, 0.3) is 0 Å². The number of hydrogen-bond acceptors (Lipinski definition) is 4. The number of carbonyl (C=O) groups is 1. The van der Waals surface area contributed by atoms with Crippen molar-refractivity contribution in [1.29, 1.82) is 0 Å². The van der Waals surface area contributed by atoms with E-state index < -0.39 is 22.0 Å². The van der Waals surface area contributed by atoms with Crippen LogP contribution in [0.5, 0.6) is 5.75 Å². The van der Waals surface area contributed by atoms with Crippen molar-refractivity contribution in [3.63, 3.8) is 0 Å². The zero-order valence-electron chi connectivity index (χ0n) is 15.5. The van der Waals surface area contributed by atoms with Gasteiger partial charge in [0.05, 0.1) is 18.6 Å². The highest BCUT2D eigenvalue weighted by atomic mass is 35.5. The molecule has 1 amide bonds. The summed E-state index contributed by atoms with van der Waals surface area (Å²) in [6, 6.07) is 12.4. The Bertz CT molecular complexity index is 885. The summed E-state index contributed by atoms with van der Waals surface area (Å²) in [5.74, 6) is 0.201. The first-order chi connectivity index (χ1) is 12.8. The van der Waals surface area contributed by atoms with Crippen LogP contribution in [0.3, 0.4) is 0 Å². The Morgan fingerprint density at radius 2 is 1.85 bits per heavy atom. The molecular formula is C19H23ClN2O4S. The Balaban J connectivity index is 2.32. The highest BCUT2D eigenvalue weighted by Gasteiger charge is 2.31. The first kappa shape index (κ1) is 21.1. The van der Waals surface area contributed by atoms with Crippen LogP contribution in [0.1, 0.15) is 20.3 Å². The smallest absolute Gasteiger partial charge is 0.248 e. The molecule has 146 valence electrons. The number of halogens is 1. The molecular weight excluding hydrogens is 388 g/mol. The number of carbonyl (C=O) groups excluding carboxylic acids is 1. The van der Waals surface area contributed by atoms with Crippen LogP contribution in [0.15, 0.2) is 48.5 Å². The summed E-state index contributed by atoms with van der Waals surface area (Å²) in [5.41, 5.74) is 0.918. The van der Waals surface area contributed by atoms with Gasteiger partial charge in [-0.1, -0.05) is 24.6 Å². The van der Waals surface area contributed by atoms with Crippen LogP contribution < -0.4 is 14.4 Å². The fourth-order valence-electron chi connectivity index (χ4n) is 2.70. The standard InChI is InChI=1S/C19H23ClN2O4S/c1-4-18(19(23)21-15-7-6-8-17(13-15)26-5-2)22(27(3,24)25)16-11-9-14(20)10-12-16/h6-13,18H,4-5H2,1-3H3,(H,21,23)/t18-/m0/s1. The van der Waals surface area contributed by atoms with Crippen LogP contribution in [-0.2, 0) is 14.8 Å². The van der Waals surface area contributed by atoms with E-state index in [2.05, 4.69) is 5.32 Å². The first-order valence-corrected chi connectivity index (χ1v) is 10.8. The van der Waals surface area contributed by atoms with E-state index in [1.807, 2.05) is 6.92 Å². The summed E-state index contributed by atoms with van der Waals surface area (Å²) in [6.07, 6.45) is 1.37. The molecule has 0 fully saturated rings. The van der Waals surface area contributed by atoms with E-state index in [0.717, 1.165) is 10.6 Å². The lowest BCUT2D eigenvalue weighted by Crippen LogP contribution is -2.46. The number of nitrogens with zero attached hydrogens (tertiary/aromatic N) is 1. The predicted octanol–water partition coefficient (Wildman–Crippen LogP) is 3.92. The molecule has 0 aliphatic heterocycles. The quantitative estimate of drug-likeness (QED) is 0.715. The van der Waals surface area contributed by atoms with E-state index in [1.165, 1.54) is 0 Å². The molecule has 1 N–H and O–H groups in total. The number of ether oxygens (including phenoxy) is 1. The Morgan fingerprint density at radius 1 is 1.19 bits per heavy atom. The first-order valence-electron chi connectivity index (χ1n) is 8.55. The van der Waals surface area contributed by atoms with Crippen LogP contribution in [0.2, 0.25) is 5.02 Å². The van der Waals surface area contributed by atoms with Gasteiger partial charge in [-0.2, -0.15) is 0 Å². The van der Waals surface area contributed by atoms with Crippen molar-refractivity contribution in [2.75, 3.05) is 22.5 Å². The molecule has 0 radical (unpaired) electrons. The second-order valence-corrected chi connectivity index (χ2v) is 8.21. The molecule has 2 aromatic rings. The molecule has 0 saturated heterocycles. The van der Waals surface area contributed by atoms with Gasteiger partial charge in [0.2, 0.25) is 15.9 Å². The monoisotopic (exact) mass is 410 g/mol. The maximum absolute atomic E-state index is 12.9. The van der Waals surface area contributed by atoms with Crippen LogP contribution >= 0.6 is 11.6 Å². The second kappa shape index (κ2) is 9.10. The summed E-state index contributed by atoms with van der Waals surface area (Å²) >= 11 is 5.90. The van der Waals surface area contributed by atoms with E-state index in [9.17, 15) is 13.2 Å². The van der Waals surface area contributed by atoms with Crippen molar-refractivity contribution < 1.29 is 17.9 Å². The molecule has 0 aliphatic carbocycles. The Hall–Kier alpha value is -2.25. The fourth-order valence-corrected chi connectivity index (χ4v) is 4.04. The van der Waals surface area contributed by atoms with Crippen molar-refractivity contribution in [3.05, 3.63) is 53.6 Å². The fraction of sp³-hybridized carbons (Fsp3) is 0.316. The Labute approximate surface area is 165 Å². The highest BCUT2D eigenvalue weighted by molar-refractivity contribution is 7.92. The van der Waals surface area contributed by atoms with E-state index in [-0.39, 0.29) is 0 Å². The molecule has 2 aromatic carbocycles. The van der Waals surface area contributed by atoms with Gasteiger partial charge in [-0.3, -0.25) is 9.10 Å². The van der Waals surface area contributed by atoms with Crippen LogP contribution in [0, 0.1) is 0 Å². The molecule has 0 aliphatic rings. The lowest BCUT2D eigenvalue weighted by molar-refractivity contribution is -0.117. The van der Waals surface area contributed by atoms with Gasteiger partial charge < -0.3 is 10.1 Å². The summed E-state index contributed by atoms with van der Waals surface area (Å²) in [5, 5.41) is 3.26. The molecule has 0 heterocycles. The van der Waals surface area contributed by atoms with Crippen molar-refractivity contribution in [2.24, 2.45) is 0 Å². The molecule has 2 rings (SSSR count). The topological polar surface area (TPSA) is 75.7 Å². The number of hydrogen-bond donors (Lipinski definition) is 1. The lowest BCUT2D eigenvalue weighted by Gasteiger charge is -2.30. The predicted molar refractivity (Wildman–Crippen MR) is 109 cm³/mol. The van der Waals surface area contributed by atoms with Gasteiger partial charge in [0.1, 0.15) is 11.8 Å². The zero-order valence-corrected chi connectivity index (χ0v) is 17.0. The third-order valence-corrected chi connectivity index (χ3v) is 5.26. The lowest BCUT2D eigenvalue weighted by atomic mass is 10.1. The zero-order chi connectivity index (χ0) is 20.0. The minimum atomic E-state index is -3.69. The van der Waals surface area contributed by atoms with E-state index >= 15 is 0 Å². The number of amides is 1. The molecule has 0 unspecified atom stereocenters. The number of anilines is 2. The van der Waals surface area contributed by atoms with E-state index in [0.29, 0.717) is 35.2 Å². The molecule has 0 spiro atoms. The summed E-state index contributed by atoms with van der Waals surface area (Å²) in [6.45, 7) is 4.14. The number of rotatable bonds is 8. The second-order valence-electron chi connectivity index (χ2n) is 5.91. The van der Waals surface area contributed by atoms with Crippen molar-refractivity contribution >= 4 is 38.9 Å². The van der Waals surface area contributed by atoms with Crippen molar-refractivity contribution in [1.82, 2.24) is 0 Å². The van der Waals surface area contributed by atoms with Crippen molar-refractivity contribution in [3.8, 4) is 5.75 Å². The number of sulfonamides is 1. The number of nitrogens with one attached hydrogen (secondary N) is 1. The SMILES string of the molecule is CCOc1cccc(NC(=O)[C@H](CC)N(c2ccc(Cl)cc2)S(C)(=O)=O)c1. The van der Waals surface area contributed by atoms with Gasteiger partial charge >= 0.3 is 0 Å². The third kappa shape index (κ3) is 5.61. The van der Waals surface area contributed by atoms with E-state index in [4.69, 9.17) is 16.3 Å². The highest BCUT2D eigenvalue weighted by Crippen LogP contribution is 2.25. The van der Waals surface area contributed by atoms with Crippen molar-refractivity contribution in [2.45, 2.75) is 26.3 Å². The average Bonchev–Trinajstić information content (AvgIpc) is 2.60. The van der Waals surface area contributed by atoms with E-state index in [1.54, 1.807) is 55.5 Å². The normalized spacial score (nSPS) is 12.3. The minimum Gasteiger partial charge on any atom is -0.494 e. The molecule has 8 heteroatoms. The summed E-state index contributed by atoms with van der Waals surface area (Å²) < 4.78 is 31.4. The average molecular weight is 411 g/mol. The minimum absolute atomic E-state index is 0.298. The Morgan fingerprint density at radius 3 is 2.41 bits per heavy atom. The summed E-state index contributed by atoms with van der Waals surface area (Å²) in [4.78, 5) is 12.9. The van der Waals surface area contributed by atoms with Crippen LogP contribution in [0.4, 0.5) is 11.4 Å². The van der Waals surface area contributed by atoms with Gasteiger partial charge in [0, 0.05) is 16.8 Å². The van der Waals surface area contributed by atoms with Gasteiger partial charge in [0.15, 0.2) is 0 Å². The molecule has 0 bridgehead atoms. The molecule has 0 saturated carbocycles. The van der Waals surface area contributed by atoms with Crippen LogP contribution in [-0.4, -0.2) is 33.2 Å². The maximum Gasteiger partial charge on any atom is 0.248 e. The van der Waals surface area contributed by atoms with Crippen LogP contribution in [0.25, 0.3) is 0 Å². The molecule has 27 heavy (non-hydrogen) atoms. The molecule has 1 atom stereocenters. The summed E-state index contributed by atoms with van der Waals surface area (Å²) in [7, 11) is -3.69. The van der Waals surface area contributed by atoms with Gasteiger partial charge in [-0.15, -0.1) is 0 Å². The van der Waals surface area contributed by atoms with Gasteiger partial charge in [-0.25, -0.2) is 8.42 Å². The molecule has 6 nitrogen and oxygen atoms in total. The van der Waals surface area contributed by atoms with Gasteiger partial charge in [-0.05, 0) is 49.7 Å². The Kier molecular flexibility index (Phi) is 7.10. The number of benzene rings is 2. The molecule has 0 aromatic heterocycles. The maximum atomic E-state index is 12.9. The third-order valence-electron chi connectivity index (χ3n) is 3.82.